The van der Waals surface area contributed by atoms with Gasteiger partial charge in [-0.3, -0.25) is 4.90 Å². The average molecular weight is 319 g/mol. The fraction of sp³-hybridized carbons (Fsp3) is 0.333. The minimum absolute atomic E-state index is 0.0930. The molecule has 1 saturated heterocycles. The lowest BCUT2D eigenvalue weighted by Crippen LogP contribution is -2.46. The maximum atomic E-state index is 9.49. The number of rotatable bonds is 3. The van der Waals surface area contributed by atoms with Gasteiger partial charge in [0.25, 0.3) is 0 Å². The fourth-order valence-electron chi connectivity index (χ4n) is 1.55. The van der Waals surface area contributed by atoms with E-state index >= 15 is 0 Å². The molecule has 1 atom stereocenters. The Morgan fingerprint density at radius 3 is 2.19 bits per heavy atom. The highest BCUT2D eigenvalue weighted by Gasteiger charge is 2.25. The monoisotopic (exact) mass is 318 g/mol. The van der Waals surface area contributed by atoms with Crippen molar-refractivity contribution in [2.45, 2.75) is 6.02 Å². The van der Waals surface area contributed by atoms with Crippen molar-refractivity contribution in [3.63, 3.8) is 0 Å². The normalized spacial score (nSPS) is 42.0. The van der Waals surface area contributed by atoms with Gasteiger partial charge in [0.05, 0.1) is 19.7 Å². The summed E-state index contributed by atoms with van der Waals surface area (Å²) in [6, 6.07) is -13.7. The number of piperazine rings is 1. The van der Waals surface area contributed by atoms with Crippen LogP contribution in [0.3, 0.4) is 0 Å². The number of benzene rings is 2. The van der Waals surface area contributed by atoms with Crippen LogP contribution in [-0.2, 0) is 0 Å². The van der Waals surface area contributed by atoms with Gasteiger partial charge in [-0.15, -0.1) is 0 Å². The largest absolute Gasteiger partial charge is 0.304 e. The van der Waals surface area contributed by atoms with Crippen molar-refractivity contribution in [2.24, 2.45) is 0 Å². The van der Waals surface area contributed by atoms with Gasteiger partial charge in [-0.05, 0) is 30.3 Å². The van der Waals surface area contributed by atoms with Crippen LogP contribution in [0.25, 0.3) is 0 Å². The molecule has 110 valence electrons. The number of nitrogens with zero attached hydrogens (tertiary/aromatic N) is 2. The van der Waals surface area contributed by atoms with Crippen molar-refractivity contribution < 1.29 is 24.7 Å². The van der Waals surface area contributed by atoms with E-state index in [9.17, 15) is 1.37 Å². The molecule has 3 rings (SSSR count). The second-order valence-corrected chi connectivity index (χ2v) is 4.26. The predicted molar refractivity (Wildman–Crippen MR) is 88.8 cm³/mol. The van der Waals surface area contributed by atoms with Crippen LogP contribution < -0.4 is 0 Å². The summed E-state index contributed by atoms with van der Waals surface area (Å²) in [5, 5.41) is -0.757. The van der Waals surface area contributed by atoms with Crippen molar-refractivity contribution >= 4 is 11.6 Å². The molecule has 1 aliphatic heterocycles. The van der Waals surface area contributed by atoms with Crippen LogP contribution in [0.15, 0.2) is 54.4 Å². The molecule has 0 aromatic heterocycles. The molecule has 3 heteroatoms. The number of hydrogen-bond acceptors (Lipinski definition) is 2. The quantitative estimate of drug-likeness (QED) is 0.852. The Labute approximate surface area is 157 Å². The molecule has 0 saturated carbocycles. The molecule has 0 aliphatic carbocycles. The molecule has 1 aliphatic rings. The predicted octanol–water partition coefficient (Wildman–Crippen LogP) is 3.68. The first-order valence-corrected chi connectivity index (χ1v) is 6.13. The lowest BCUT2D eigenvalue weighted by molar-refractivity contribution is 0.127. The van der Waals surface area contributed by atoms with E-state index in [-0.39, 0.29) is 9.80 Å². The average Bonchev–Trinajstić information content (AvgIpc) is 2.82. The second-order valence-electron chi connectivity index (χ2n) is 3.88. The molecule has 2 aromatic rings. The summed E-state index contributed by atoms with van der Waals surface area (Å²) in [4.78, 5) is -0.283. The van der Waals surface area contributed by atoms with Gasteiger partial charge in [0, 0.05) is 42.0 Å². The second kappa shape index (κ2) is 6.61. The topological polar surface area (TPSA) is 6.48 Å². The van der Waals surface area contributed by atoms with Crippen LogP contribution in [-0.4, -0.2) is 42.8 Å². The van der Waals surface area contributed by atoms with Crippen molar-refractivity contribution in [1.82, 2.24) is 9.80 Å². The number of hydrogen-bond donors (Lipinski definition) is 0. The van der Waals surface area contributed by atoms with Gasteiger partial charge in [0.15, 0.2) is 0 Å². The molecule has 1 fully saturated rings. The van der Waals surface area contributed by atoms with Crippen molar-refractivity contribution in [2.75, 3.05) is 33.0 Å². The van der Waals surface area contributed by atoms with E-state index in [1.807, 2.05) is 0 Å². The van der Waals surface area contributed by atoms with Crippen molar-refractivity contribution in [1.29, 1.82) is 0 Å². The zero-order valence-electron chi connectivity index (χ0n) is 28.8. The molecule has 2 nitrogen and oxygen atoms in total. The third-order valence-electron chi connectivity index (χ3n) is 2.45. The highest BCUT2D eigenvalue weighted by molar-refractivity contribution is 6.30. The van der Waals surface area contributed by atoms with Crippen LogP contribution >= 0.6 is 11.6 Å². The van der Waals surface area contributed by atoms with Gasteiger partial charge >= 0.3 is 0 Å². The first-order valence-electron chi connectivity index (χ1n) is 14.8. The molecule has 21 heavy (non-hydrogen) atoms. The summed E-state index contributed by atoms with van der Waals surface area (Å²) in [5.41, 5.74) is -2.51. The van der Waals surface area contributed by atoms with Crippen LogP contribution in [0.4, 0.5) is 0 Å². The van der Waals surface area contributed by atoms with Crippen LogP contribution in [0.2, 0.25) is 5.02 Å². The Morgan fingerprint density at radius 1 is 1.00 bits per heavy atom. The van der Waals surface area contributed by atoms with Gasteiger partial charge in [-0.25, -0.2) is 0 Å². The molecular formula is C18H21ClN2. The van der Waals surface area contributed by atoms with E-state index in [1.165, 1.54) is 0 Å². The third-order valence-corrected chi connectivity index (χ3v) is 2.64. The highest BCUT2D eigenvalue weighted by Crippen LogP contribution is 2.30. The van der Waals surface area contributed by atoms with Crippen LogP contribution in [0, 0.1) is 0 Å². The van der Waals surface area contributed by atoms with Gasteiger partial charge in [0.2, 0.25) is 0 Å². The summed E-state index contributed by atoms with van der Waals surface area (Å²) in [7, 11) is 0.737. The van der Waals surface area contributed by atoms with Crippen LogP contribution in [0.1, 0.15) is 41.8 Å². The zero-order chi connectivity index (χ0) is 30.6. The molecule has 0 spiro atoms. The van der Waals surface area contributed by atoms with Crippen molar-refractivity contribution in [3.8, 4) is 0 Å². The lowest BCUT2D eigenvalue weighted by Gasteiger charge is -2.38. The molecule has 0 amide bonds. The molecule has 2 aromatic carbocycles. The summed E-state index contributed by atoms with van der Waals surface area (Å²) >= 11 is 5.87. The Hall–Kier alpha value is -1.35. The fourth-order valence-corrected chi connectivity index (χ4v) is 1.64. The third kappa shape index (κ3) is 3.46. The first kappa shape index (κ1) is 4.35. The summed E-state index contributed by atoms with van der Waals surface area (Å²) in [6.07, 6.45) is 0. The Kier molecular flexibility index (Phi) is 1.37. The van der Waals surface area contributed by atoms with E-state index in [4.69, 9.17) is 34.9 Å². The van der Waals surface area contributed by atoms with E-state index < -0.39 is 103 Å². The maximum Gasteiger partial charge on any atom is 0.0639 e. The molecule has 0 bridgehead atoms. The van der Waals surface area contributed by atoms with E-state index in [1.54, 1.807) is 0 Å². The van der Waals surface area contributed by atoms with E-state index in [2.05, 4.69) is 0 Å². The summed E-state index contributed by atoms with van der Waals surface area (Å²) < 4.78 is 152. The Bertz CT molecular complexity index is 1220. The van der Waals surface area contributed by atoms with Gasteiger partial charge in [0.1, 0.15) is 0 Å². The molecule has 1 unspecified atom stereocenters. The number of halogens is 1. The van der Waals surface area contributed by atoms with Crippen molar-refractivity contribution in [3.05, 3.63) is 70.5 Å². The SMILES string of the molecule is [2H]c1c([2H])c([2H])c(C([2H])(c2c([2H])c([2H])c(Cl)c([2H])c2[2H])N2C([2H])([2H])C([2H])([2H])N(C)C([2H])([2H])C2([2H])[2H])c([2H])c1[2H]. The van der Waals surface area contributed by atoms with Crippen LogP contribution in [0.5, 0.6) is 0 Å². The number of likely N-dealkylation sites (N-methyl/N-ethyl adjacent to an activating group) is 1. The van der Waals surface area contributed by atoms with E-state index in [0.717, 1.165) is 7.05 Å². The Balaban J connectivity index is 2.76. The minimum atomic E-state index is -3.79. The smallest absolute Gasteiger partial charge is 0.0639 e. The lowest BCUT2D eigenvalue weighted by atomic mass is 9.96. The molecule has 0 radical (unpaired) electrons. The molecule has 1 heterocycles. The maximum absolute atomic E-state index is 9.49. The molecular weight excluding hydrogens is 280 g/mol. The molecule has 0 N–H and O–H groups in total. The van der Waals surface area contributed by atoms with Gasteiger partial charge in [-0.1, -0.05) is 53.9 Å². The first-order chi connectivity index (χ1) is 17.4. The standard InChI is InChI=1S/C18H21ClN2/c1-20-11-13-21(14-12-20)18(15-5-3-2-4-6-15)16-7-9-17(19)10-8-16/h2-10,18H,11-14H2,1H3/i2D,3D,4D,5D,6D,7D,8D,9D,10D,11D2,12D2,13D2,14D2,18D. The van der Waals surface area contributed by atoms with Gasteiger partial charge < -0.3 is 4.90 Å². The van der Waals surface area contributed by atoms with E-state index in [0.29, 0.717) is 0 Å². The van der Waals surface area contributed by atoms with Gasteiger partial charge in [-0.2, -0.15) is 0 Å². The Morgan fingerprint density at radius 2 is 1.57 bits per heavy atom. The highest BCUT2D eigenvalue weighted by atomic mass is 35.5. The summed E-state index contributed by atoms with van der Waals surface area (Å²) in [6.45, 7) is -14.5. The zero-order valence-corrected chi connectivity index (χ0v) is 11.5. The minimum Gasteiger partial charge on any atom is -0.304 e. The summed E-state index contributed by atoms with van der Waals surface area (Å²) in [5.74, 6) is 0.